The summed E-state index contributed by atoms with van der Waals surface area (Å²) in [6.45, 7) is 2.41. The fourth-order valence-corrected chi connectivity index (χ4v) is 3.77. The van der Waals surface area contributed by atoms with Crippen molar-refractivity contribution in [1.29, 1.82) is 0 Å². The van der Waals surface area contributed by atoms with Gasteiger partial charge in [-0.3, -0.25) is 14.6 Å². The lowest BCUT2D eigenvalue weighted by molar-refractivity contribution is -0.140. The lowest BCUT2D eigenvalue weighted by atomic mass is 9.95. The highest BCUT2D eigenvalue weighted by atomic mass is 19.1. The SMILES string of the molecule is CCOc1cccc(/C(O)=C2/C(=O)C(=O)N(Cc3ccncc3)C2c2ccc(F)cc2)c1. The van der Waals surface area contributed by atoms with Gasteiger partial charge in [-0.15, -0.1) is 0 Å². The number of carbonyl (C=O) groups excluding carboxylic acids is 2. The third-order valence-corrected chi connectivity index (χ3v) is 5.25. The number of ether oxygens (including phenoxy) is 1. The minimum Gasteiger partial charge on any atom is -0.507 e. The van der Waals surface area contributed by atoms with Crippen LogP contribution in [0.15, 0.2) is 78.6 Å². The van der Waals surface area contributed by atoms with E-state index in [9.17, 15) is 19.1 Å². The summed E-state index contributed by atoms with van der Waals surface area (Å²) in [7, 11) is 0. The lowest BCUT2D eigenvalue weighted by Gasteiger charge is -2.25. The van der Waals surface area contributed by atoms with E-state index >= 15 is 0 Å². The van der Waals surface area contributed by atoms with Gasteiger partial charge in [-0.05, 0) is 54.4 Å². The molecule has 1 aliphatic heterocycles. The number of hydrogen-bond donors (Lipinski definition) is 1. The van der Waals surface area contributed by atoms with Crippen LogP contribution in [0, 0.1) is 5.82 Å². The van der Waals surface area contributed by atoms with Crippen molar-refractivity contribution in [3.63, 3.8) is 0 Å². The second-order valence-electron chi connectivity index (χ2n) is 7.29. The number of ketones is 1. The van der Waals surface area contributed by atoms with Gasteiger partial charge in [0.2, 0.25) is 0 Å². The van der Waals surface area contributed by atoms with Crippen LogP contribution < -0.4 is 4.74 Å². The molecule has 1 atom stereocenters. The molecule has 1 fully saturated rings. The van der Waals surface area contributed by atoms with Crippen LogP contribution >= 0.6 is 0 Å². The maximum Gasteiger partial charge on any atom is 0.295 e. The summed E-state index contributed by atoms with van der Waals surface area (Å²) >= 11 is 0. The third kappa shape index (κ3) is 4.09. The number of rotatable bonds is 6. The van der Waals surface area contributed by atoms with Crippen LogP contribution in [0.25, 0.3) is 5.76 Å². The van der Waals surface area contributed by atoms with E-state index < -0.39 is 23.5 Å². The molecule has 162 valence electrons. The first kappa shape index (κ1) is 21.2. The predicted octanol–water partition coefficient (Wildman–Crippen LogP) is 4.24. The van der Waals surface area contributed by atoms with E-state index in [-0.39, 0.29) is 17.9 Å². The number of amides is 1. The normalized spacial score (nSPS) is 17.6. The van der Waals surface area contributed by atoms with E-state index in [1.54, 1.807) is 48.8 Å². The van der Waals surface area contributed by atoms with Crippen LogP contribution in [0.5, 0.6) is 5.75 Å². The number of aliphatic hydroxyl groups is 1. The van der Waals surface area contributed by atoms with Gasteiger partial charge in [0.05, 0.1) is 18.2 Å². The van der Waals surface area contributed by atoms with E-state index in [0.717, 1.165) is 5.56 Å². The molecule has 1 saturated heterocycles. The molecule has 0 spiro atoms. The zero-order valence-corrected chi connectivity index (χ0v) is 17.4. The van der Waals surface area contributed by atoms with E-state index in [4.69, 9.17) is 4.74 Å². The first-order valence-electron chi connectivity index (χ1n) is 10.2. The molecular formula is C25H21FN2O4. The standard InChI is InChI=1S/C25H21FN2O4/c1-2-32-20-5-3-4-18(14-20)23(29)21-22(17-6-8-19(26)9-7-17)28(25(31)24(21)30)15-16-10-12-27-13-11-16/h3-14,22,29H,2,15H2,1H3/b23-21-. The second-order valence-corrected chi connectivity index (χ2v) is 7.29. The third-order valence-electron chi connectivity index (χ3n) is 5.25. The Bertz CT molecular complexity index is 1180. The van der Waals surface area contributed by atoms with Crippen LogP contribution in [0.3, 0.4) is 0 Å². The van der Waals surface area contributed by atoms with Gasteiger partial charge in [-0.25, -0.2) is 4.39 Å². The van der Waals surface area contributed by atoms with E-state index in [1.807, 2.05) is 6.92 Å². The molecule has 6 nitrogen and oxygen atoms in total. The molecule has 2 heterocycles. The highest BCUT2D eigenvalue weighted by Gasteiger charge is 2.46. The van der Waals surface area contributed by atoms with Crippen LogP contribution in [0.2, 0.25) is 0 Å². The molecule has 0 radical (unpaired) electrons. The topological polar surface area (TPSA) is 79.7 Å². The molecule has 1 amide bonds. The maximum absolute atomic E-state index is 13.6. The van der Waals surface area contributed by atoms with Gasteiger partial charge in [0, 0.05) is 24.5 Å². The molecule has 2 aromatic carbocycles. The average Bonchev–Trinajstić information content (AvgIpc) is 3.05. The largest absolute Gasteiger partial charge is 0.507 e. The minimum atomic E-state index is -0.875. The molecule has 1 aromatic heterocycles. The molecule has 1 N–H and O–H groups in total. The van der Waals surface area contributed by atoms with E-state index in [0.29, 0.717) is 23.5 Å². The smallest absolute Gasteiger partial charge is 0.295 e. The Balaban J connectivity index is 1.84. The molecular weight excluding hydrogens is 411 g/mol. The Morgan fingerprint density at radius 3 is 2.50 bits per heavy atom. The zero-order chi connectivity index (χ0) is 22.7. The van der Waals surface area contributed by atoms with Crippen molar-refractivity contribution in [2.75, 3.05) is 6.61 Å². The Kier molecular flexibility index (Phi) is 5.98. The summed E-state index contributed by atoms with van der Waals surface area (Å²) in [4.78, 5) is 31.4. The van der Waals surface area contributed by atoms with Crippen molar-refractivity contribution in [2.24, 2.45) is 0 Å². The highest BCUT2D eigenvalue weighted by molar-refractivity contribution is 6.46. The molecule has 7 heteroatoms. The van der Waals surface area contributed by atoms with Crippen molar-refractivity contribution >= 4 is 17.4 Å². The molecule has 1 aliphatic rings. The Hall–Kier alpha value is -4.00. The number of halogens is 1. The number of hydrogen-bond acceptors (Lipinski definition) is 5. The van der Waals surface area contributed by atoms with Crippen LogP contribution in [0.4, 0.5) is 4.39 Å². The molecule has 0 bridgehead atoms. The van der Waals surface area contributed by atoms with Gasteiger partial charge in [0.15, 0.2) is 0 Å². The van der Waals surface area contributed by atoms with Crippen LogP contribution in [0.1, 0.15) is 29.7 Å². The van der Waals surface area contributed by atoms with E-state index in [2.05, 4.69) is 4.98 Å². The molecule has 0 aliphatic carbocycles. The quantitative estimate of drug-likeness (QED) is 0.358. The number of Topliss-reactive ketones (excluding diaryl/α,β-unsaturated/α-hetero) is 1. The Labute approximate surface area is 184 Å². The second kappa shape index (κ2) is 9.01. The minimum absolute atomic E-state index is 0.0516. The average molecular weight is 432 g/mol. The Morgan fingerprint density at radius 2 is 1.81 bits per heavy atom. The number of aliphatic hydroxyl groups excluding tert-OH is 1. The monoisotopic (exact) mass is 432 g/mol. The zero-order valence-electron chi connectivity index (χ0n) is 17.4. The number of pyridine rings is 1. The molecule has 32 heavy (non-hydrogen) atoms. The van der Waals surface area contributed by atoms with Crippen LogP contribution in [-0.2, 0) is 16.1 Å². The number of aromatic nitrogens is 1. The van der Waals surface area contributed by atoms with Gasteiger partial charge >= 0.3 is 0 Å². The van der Waals surface area contributed by atoms with Gasteiger partial charge in [0.25, 0.3) is 11.7 Å². The molecule has 0 saturated carbocycles. The number of benzene rings is 2. The van der Waals surface area contributed by atoms with Crippen LogP contribution in [-0.4, -0.2) is 33.3 Å². The summed E-state index contributed by atoms with van der Waals surface area (Å²) < 4.78 is 19.1. The van der Waals surface area contributed by atoms with Crippen molar-refractivity contribution in [2.45, 2.75) is 19.5 Å². The van der Waals surface area contributed by atoms with Crippen molar-refractivity contribution in [1.82, 2.24) is 9.88 Å². The van der Waals surface area contributed by atoms with E-state index in [1.165, 1.54) is 29.2 Å². The molecule has 3 aromatic rings. The summed E-state index contributed by atoms with van der Waals surface area (Å²) in [6, 6.07) is 14.8. The first-order chi connectivity index (χ1) is 15.5. The van der Waals surface area contributed by atoms with Crippen molar-refractivity contribution in [3.8, 4) is 5.75 Å². The van der Waals surface area contributed by atoms with Gasteiger partial charge in [-0.1, -0.05) is 24.3 Å². The Morgan fingerprint density at radius 1 is 1.09 bits per heavy atom. The number of carbonyl (C=O) groups is 2. The summed E-state index contributed by atoms with van der Waals surface area (Å²) in [5.74, 6) is -1.76. The van der Waals surface area contributed by atoms with Gasteiger partial charge < -0.3 is 14.7 Å². The lowest BCUT2D eigenvalue weighted by Crippen LogP contribution is -2.29. The summed E-state index contributed by atoms with van der Waals surface area (Å²) in [6.07, 6.45) is 3.19. The van der Waals surface area contributed by atoms with Crippen molar-refractivity contribution < 1.29 is 23.8 Å². The summed E-state index contributed by atoms with van der Waals surface area (Å²) in [5, 5.41) is 11.1. The fourth-order valence-electron chi connectivity index (χ4n) is 3.77. The molecule has 1 unspecified atom stereocenters. The molecule has 4 rings (SSSR count). The van der Waals surface area contributed by atoms with Gasteiger partial charge in [-0.2, -0.15) is 0 Å². The maximum atomic E-state index is 13.6. The fraction of sp³-hybridized carbons (Fsp3) is 0.160. The highest BCUT2D eigenvalue weighted by Crippen LogP contribution is 2.40. The number of nitrogens with zero attached hydrogens (tertiary/aromatic N) is 2. The number of likely N-dealkylation sites (tertiary alicyclic amines) is 1. The summed E-state index contributed by atoms with van der Waals surface area (Å²) in [5.41, 5.74) is 1.59. The predicted molar refractivity (Wildman–Crippen MR) is 116 cm³/mol. The van der Waals surface area contributed by atoms with Gasteiger partial charge in [0.1, 0.15) is 17.3 Å². The van der Waals surface area contributed by atoms with Crippen molar-refractivity contribution in [3.05, 3.63) is 101 Å². The first-order valence-corrected chi connectivity index (χ1v) is 10.2.